The number of carboxylic acid groups (broad SMARTS) is 1. The standard InChI is InChI=1S/C12H9F2NO3/c1-2-6-3-11(16)7-4-8(13)9(14)5-10(7)15(6)12(17)18/h3-5H,2H2,1H3,(H,17,18). The van der Waals surface area contributed by atoms with E-state index in [0.29, 0.717) is 6.07 Å². The molecular weight excluding hydrogens is 244 g/mol. The van der Waals surface area contributed by atoms with E-state index in [1.807, 2.05) is 0 Å². The van der Waals surface area contributed by atoms with Gasteiger partial charge in [-0.15, -0.1) is 0 Å². The zero-order valence-electron chi connectivity index (χ0n) is 9.41. The first kappa shape index (κ1) is 12.2. The molecule has 4 nitrogen and oxygen atoms in total. The highest BCUT2D eigenvalue weighted by molar-refractivity contribution is 5.88. The van der Waals surface area contributed by atoms with E-state index in [0.717, 1.165) is 16.7 Å². The number of pyridine rings is 1. The second-order valence-electron chi connectivity index (χ2n) is 3.75. The molecule has 0 saturated heterocycles. The summed E-state index contributed by atoms with van der Waals surface area (Å²) in [5.74, 6) is -2.37. The van der Waals surface area contributed by atoms with Crippen LogP contribution in [0.15, 0.2) is 23.0 Å². The number of rotatable bonds is 1. The lowest BCUT2D eigenvalue weighted by atomic mass is 10.1. The molecule has 1 heterocycles. The minimum atomic E-state index is -1.34. The smallest absolute Gasteiger partial charge is 0.416 e. The van der Waals surface area contributed by atoms with E-state index in [-0.39, 0.29) is 23.0 Å². The van der Waals surface area contributed by atoms with Crippen molar-refractivity contribution in [2.75, 3.05) is 0 Å². The van der Waals surface area contributed by atoms with Crippen LogP contribution in [-0.2, 0) is 6.42 Å². The van der Waals surface area contributed by atoms with Crippen molar-refractivity contribution in [2.24, 2.45) is 0 Å². The molecule has 0 fully saturated rings. The van der Waals surface area contributed by atoms with Gasteiger partial charge in [-0.05, 0) is 12.5 Å². The lowest BCUT2D eigenvalue weighted by Crippen LogP contribution is -2.19. The average molecular weight is 253 g/mol. The lowest BCUT2D eigenvalue weighted by Gasteiger charge is -2.11. The molecule has 1 aromatic heterocycles. The Hall–Kier alpha value is -2.24. The Balaban J connectivity index is 3.03. The first-order chi connectivity index (χ1) is 8.45. The summed E-state index contributed by atoms with van der Waals surface area (Å²) in [7, 11) is 0. The monoisotopic (exact) mass is 253 g/mol. The van der Waals surface area contributed by atoms with Crippen molar-refractivity contribution < 1.29 is 18.7 Å². The van der Waals surface area contributed by atoms with E-state index < -0.39 is 23.2 Å². The SMILES string of the molecule is CCc1cc(=O)c2cc(F)c(F)cc2n1C(=O)O. The third kappa shape index (κ3) is 1.75. The predicted octanol–water partition coefficient (Wildman–Crippen LogP) is 2.37. The number of aryl methyl sites for hydroxylation is 1. The Morgan fingerprint density at radius 2 is 1.89 bits per heavy atom. The van der Waals surface area contributed by atoms with Crippen LogP contribution in [0.5, 0.6) is 0 Å². The van der Waals surface area contributed by atoms with E-state index in [9.17, 15) is 18.4 Å². The molecule has 0 aliphatic heterocycles. The van der Waals surface area contributed by atoms with Crippen LogP contribution < -0.4 is 5.43 Å². The van der Waals surface area contributed by atoms with Crippen LogP contribution in [0, 0.1) is 11.6 Å². The van der Waals surface area contributed by atoms with Crippen molar-refractivity contribution in [3.63, 3.8) is 0 Å². The molecule has 0 spiro atoms. The summed E-state index contributed by atoms with van der Waals surface area (Å²) in [5.41, 5.74) is -0.449. The Kier molecular flexibility index (Phi) is 2.86. The Bertz CT molecular complexity index is 707. The summed E-state index contributed by atoms with van der Waals surface area (Å²) >= 11 is 0. The van der Waals surface area contributed by atoms with Crippen molar-refractivity contribution in [1.82, 2.24) is 4.57 Å². The number of benzene rings is 1. The maximum absolute atomic E-state index is 13.2. The Morgan fingerprint density at radius 3 is 2.44 bits per heavy atom. The highest BCUT2D eigenvalue weighted by Crippen LogP contribution is 2.17. The lowest BCUT2D eigenvalue weighted by molar-refractivity contribution is 0.196. The molecule has 0 unspecified atom stereocenters. The summed E-state index contributed by atoms with van der Waals surface area (Å²) in [6.45, 7) is 1.67. The first-order valence-electron chi connectivity index (χ1n) is 5.22. The molecule has 2 aromatic rings. The van der Waals surface area contributed by atoms with Crippen LogP contribution in [0.3, 0.4) is 0 Å². The van der Waals surface area contributed by atoms with Gasteiger partial charge in [-0.3, -0.25) is 4.79 Å². The van der Waals surface area contributed by atoms with E-state index >= 15 is 0 Å². The van der Waals surface area contributed by atoms with Gasteiger partial charge in [0.1, 0.15) is 0 Å². The van der Waals surface area contributed by atoms with Crippen LogP contribution in [0.4, 0.5) is 13.6 Å². The quantitative estimate of drug-likeness (QED) is 0.848. The summed E-state index contributed by atoms with van der Waals surface area (Å²) in [4.78, 5) is 22.8. The normalized spacial score (nSPS) is 10.8. The van der Waals surface area contributed by atoms with Gasteiger partial charge in [-0.25, -0.2) is 18.1 Å². The van der Waals surface area contributed by atoms with Crippen LogP contribution in [0.25, 0.3) is 10.9 Å². The topological polar surface area (TPSA) is 59.3 Å². The maximum Gasteiger partial charge on any atom is 0.416 e. The molecule has 2 rings (SSSR count). The Labute approximate surface area is 100 Å². The number of hydrogen-bond donors (Lipinski definition) is 1. The van der Waals surface area contributed by atoms with E-state index in [4.69, 9.17) is 5.11 Å². The van der Waals surface area contributed by atoms with Gasteiger partial charge in [-0.2, -0.15) is 0 Å². The van der Waals surface area contributed by atoms with Gasteiger partial charge in [0.25, 0.3) is 0 Å². The van der Waals surface area contributed by atoms with Crippen LogP contribution in [0.1, 0.15) is 12.6 Å². The number of fused-ring (bicyclic) bond motifs is 1. The molecule has 0 aliphatic carbocycles. The molecule has 1 N–H and O–H groups in total. The van der Waals surface area contributed by atoms with E-state index in [1.165, 1.54) is 0 Å². The third-order valence-corrected chi connectivity index (χ3v) is 2.68. The van der Waals surface area contributed by atoms with Gasteiger partial charge in [0.2, 0.25) is 0 Å². The van der Waals surface area contributed by atoms with Crippen LogP contribution in [0.2, 0.25) is 0 Å². The molecule has 1 aromatic carbocycles. The molecule has 6 heteroatoms. The fourth-order valence-corrected chi connectivity index (χ4v) is 1.85. The summed E-state index contributed by atoms with van der Waals surface area (Å²) in [6.07, 6.45) is -1.06. The zero-order valence-corrected chi connectivity index (χ0v) is 9.41. The zero-order chi connectivity index (χ0) is 13.4. The minimum absolute atomic E-state index is 0.147. The summed E-state index contributed by atoms with van der Waals surface area (Å²) in [6, 6.07) is 2.55. The van der Waals surface area contributed by atoms with Crippen LogP contribution >= 0.6 is 0 Å². The van der Waals surface area contributed by atoms with Crippen molar-refractivity contribution in [3.8, 4) is 0 Å². The molecule has 0 radical (unpaired) electrons. The molecular formula is C12H9F2NO3. The van der Waals surface area contributed by atoms with Crippen molar-refractivity contribution >= 4 is 17.0 Å². The number of aromatic nitrogens is 1. The summed E-state index contributed by atoms with van der Waals surface area (Å²) < 4.78 is 27.0. The van der Waals surface area contributed by atoms with Crippen molar-refractivity contribution in [1.29, 1.82) is 0 Å². The van der Waals surface area contributed by atoms with E-state index in [2.05, 4.69) is 0 Å². The second-order valence-corrected chi connectivity index (χ2v) is 3.75. The highest BCUT2D eigenvalue weighted by atomic mass is 19.2. The Morgan fingerprint density at radius 1 is 1.28 bits per heavy atom. The predicted molar refractivity (Wildman–Crippen MR) is 60.9 cm³/mol. The number of hydrogen-bond acceptors (Lipinski definition) is 2. The van der Waals surface area contributed by atoms with Crippen molar-refractivity contribution in [3.05, 3.63) is 45.8 Å². The first-order valence-corrected chi connectivity index (χ1v) is 5.22. The second kappa shape index (κ2) is 4.21. The van der Waals surface area contributed by atoms with E-state index in [1.54, 1.807) is 6.92 Å². The van der Waals surface area contributed by atoms with Crippen LogP contribution in [-0.4, -0.2) is 15.8 Å². The molecule has 0 aliphatic rings. The number of nitrogens with zero attached hydrogens (tertiary/aromatic N) is 1. The molecule has 94 valence electrons. The van der Waals surface area contributed by atoms with Gasteiger partial charge >= 0.3 is 6.09 Å². The molecule has 18 heavy (non-hydrogen) atoms. The highest BCUT2D eigenvalue weighted by Gasteiger charge is 2.15. The fraction of sp³-hybridized carbons (Fsp3) is 0.167. The fourth-order valence-electron chi connectivity index (χ4n) is 1.85. The van der Waals surface area contributed by atoms with Gasteiger partial charge in [0.15, 0.2) is 17.1 Å². The van der Waals surface area contributed by atoms with Gasteiger partial charge in [-0.1, -0.05) is 6.92 Å². The maximum atomic E-state index is 13.2. The largest absolute Gasteiger partial charge is 0.464 e. The number of carbonyl (C=O) groups is 1. The van der Waals surface area contributed by atoms with Gasteiger partial charge in [0, 0.05) is 23.2 Å². The number of halogens is 2. The minimum Gasteiger partial charge on any atom is -0.464 e. The summed E-state index contributed by atoms with van der Waals surface area (Å²) in [5, 5.41) is 8.93. The van der Waals surface area contributed by atoms with Gasteiger partial charge < -0.3 is 5.11 Å². The molecule has 0 bridgehead atoms. The average Bonchev–Trinajstić information content (AvgIpc) is 2.30. The molecule has 0 saturated carbocycles. The van der Waals surface area contributed by atoms with Gasteiger partial charge in [0.05, 0.1) is 5.52 Å². The van der Waals surface area contributed by atoms with Crippen molar-refractivity contribution in [2.45, 2.75) is 13.3 Å². The molecule has 0 atom stereocenters. The third-order valence-electron chi connectivity index (χ3n) is 2.68. The molecule has 0 amide bonds.